The van der Waals surface area contributed by atoms with Crippen LogP contribution in [0.4, 0.5) is 11.4 Å². The van der Waals surface area contributed by atoms with E-state index >= 15 is 0 Å². The molecule has 2 aliphatic heterocycles. The lowest BCUT2D eigenvalue weighted by molar-refractivity contribution is -0.126. The maximum atomic E-state index is 12.6. The van der Waals surface area contributed by atoms with Crippen LogP contribution in [0.5, 0.6) is 5.75 Å². The Morgan fingerprint density at radius 3 is 2.50 bits per heavy atom. The van der Waals surface area contributed by atoms with Gasteiger partial charge in [0.15, 0.2) is 0 Å². The van der Waals surface area contributed by atoms with Crippen molar-refractivity contribution in [2.24, 2.45) is 5.92 Å². The fraction of sp³-hybridized carbons (Fsp3) is 0.440. The second kappa shape index (κ2) is 10.5. The molecule has 2 amide bonds. The van der Waals surface area contributed by atoms with E-state index in [-0.39, 0.29) is 24.2 Å². The smallest absolute Gasteiger partial charge is 0.227 e. The minimum atomic E-state index is -0.318. The fourth-order valence-corrected chi connectivity index (χ4v) is 4.50. The number of hydrogen-bond acceptors (Lipinski definition) is 5. The van der Waals surface area contributed by atoms with Gasteiger partial charge in [-0.15, -0.1) is 0 Å². The number of nitrogens with zero attached hydrogens (tertiary/aromatic N) is 3. The molecule has 2 heterocycles. The first-order chi connectivity index (χ1) is 15.7. The second-order valence-corrected chi connectivity index (χ2v) is 8.39. The SMILES string of the molecule is COc1ccccc1N1C[C@H](C(=O)NCCCN2CCN(c3ccccc3)CC2)CC1=O. The standard InChI is InChI=1S/C25H32N4O3/c1-32-23-11-6-5-10-22(23)29-19-20(18-24(29)30)25(31)26-12-7-13-27-14-16-28(17-15-27)21-8-3-2-4-9-21/h2-6,8-11,20H,7,12-19H2,1H3,(H,26,31)/t20-/m1/s1. The summed E-state index contributed by atoms with van der Waals surface area (Å²) in [5, 5.41) is 3.03. The van der Waals surface area contributed by atoms with Crippen LogP contribution < -0.4 is 19.9 Å². The highest BCUT2D eigenvalue weighted by Crippen LogP contribution is 2.32. The lowest BCUT2D eigenvalue weighted by Gasteiger charge is -2.36. The highest BCUT2D eigenvalue weighted by Gasteiger charge is 2.36. The second-order valence-electron chi connectivity index (χ2n) is 8.39. The number of para-hydroxylation sites is 3. The average molecular weight is 437 g/mol. The highest BCUT2D eigenvalue weighted by molar-refractivity contribution is 6.01. The molecule has 0 bridgehead atoms. The summed E-state index contributed by atoms with van der Waals surface area (Å²) in [5.74, 6) is 0.256. The van der Waals surface area contributed by atoms with E-state index in [0.717, 1.165) is 44.8 Å². The van der Waals surface area contributed by atoms with Crippen LogP contribution in [-0.2, 0) is 9.59 Å². The Kier molecular flexibility index (Phi) is 7.27. The summed E-state index contributed by atoms with van der Waals surface area (Å²) in [6.07, 6.45) is 1.15. The molecule has 2 fully saturated rings. The molecule has 2 saturated heterocycles. The molecule has 1 N–H and O–H groups in total. The fourth-order valence-electron chi connectivity index (χ4n) is 4.50. The molecule has 32 heavy (non-hydrogen) atoms. The number of piperazine rings is 1. The number of anilines is 2. The summed E-state index contributed by atoms with van der Waals surface area (Å²) in [4.78, 5) is 31.7. The molecule has 7 nitrogen and oxygen atoms in total. The molecular weight excluding hydrogens is 404 g/mol. The van der Waals surface area contributed by atoms with Gasteiger partial charge in [-0.2, -0.15) is 0 Å². The van der Waals surface area contributed by atoms with Gasteiger partial charge in [0, 0.05) is 51.4 Å². The molecule has 7 heteroatoms. The van der Waals surface area contributed by atoms with E-state index in [1.54, 1.807) is 12.0 Å². The Hall–Kier alpha value is -3.06. The van der Waals surface area contributed by atoms with Crippen molar-refractivity contribution in [3.8, 4) is 5.75 Å². The van der Waals surface area contributed by atoms with Gasteiger partial charge in [-0.05, 0) is 37.2 Å². The lowest BCUT2D eigenvalue weighted by atomic mass is 10.1. The van der Waals surface area contributed by atoms with Gasteiger partial charge in [-0.1, -0.05) is 30.3 Å². The molecule has 170 valence electrons. The third kappa shape index (κ3) is 5.22. The number of ether oxygens (including phenoxy) is 1. The van der Waals surface area contributed by atoms with Crippen LogP contribution in [0, 0.1) is 5.92 Å². The Morgan fingerprint density at radius 2 is 1.75 bits per heavy atom. The van der Waals surface area contributed by atoms with Crippen LogP contribution in [0.2, 0.25) is 0 Å². The van der Waals surface area contributed by atoms with E-state index in [1.807, 2.05) is 30.3 Å². The number of carbonyl (C=O) groups is 2. The quantitative estimate of drug-likeness (QED) is 0.644. The first-order valence-electron chi connectivity index (χ1n) is 11.4. The Morgan fingerprint density at radius 1 is 1.03 bits per heavy atom. The number of rotatable bonds is 8. The van der Waals surface area contributed by atoms with Crippen molar-refractivity contribution in [3.63, 3.8) is 0 Å². The number of nitrogens with one attached hydrogen (secondary N) is 1. The maximum Gasteiger partial charge on any atom is 0.227 e. The zero-order valence-corrected chi connectivity index (χ0v) is 18.7. The van der Waals surface area contributed by atoms with Gasteiger partial charge in [0.05, 0.1) is 18.7 Å². The van der Waals surface area contributed by atoms with Gasteiger partial charge in [-0.3, -0.25) is 14.5 Å². The number of carbonyl (C=O) groups excluding carboxylic acids is 2. The van der Waals surface area contributed by atoms with E-state index in [0.29, 0.717) is 18.8 Å². The van der Waals surface area contributed by atoms with Gasteiger partial charge in [-0.25, -0.2) is 0 Å². The van der Waals surface area contributed by atoms with Crippen LogP contribution in [0.1, 0.15) is 12.8 Å². The van der Waals surface area contributed by atoms with Gasteiger partial charge < -0.3 is 19.9 Å². The predicted molar refractivity (Wildman–Crippen MR) is 126 cm³/mol. The Balaban J connectivity index is 1.17. The van der Waals surface area contributed by atoms with Crippen LogP contribution in [0.25, 0.3) is 0 Å². The van der Waals surface area contributed by atoms with E-state index in [9.17, 15) is 9.59 Å². The van der Waals surface area contributed by atoms with Gasteiger partial charge >= 0.3 is 0 Å². The zero-order chi connectivity index (χ0) is 22.3. The maximum absolute atomic E-state index is 12.6. The minimum Gasteiger partial charge on any atom is -0.495 e. The molecule has 4 rings (SSSR count). The highest BCUT2D eigenvalue weighted by atomic mass is 16.5. The summed E-state index contributed by atoms with van der Waals surface area (Å²) < 4.78 is 5.37. The third-order valence-corrected chi connectivity index (χ3v) is 6.32. The summed E-state index contributed by atoms with van der Waals surface area (Å²) in [6, 6.07) is 18.0. The van der Waals surface area contributed by atoms with Crippen molar-refractivity contribution in [1.82, 2.24) is 10.2 Å². The lowest BCUT2D eigenvalue weighted by Crippen LogP contribution is -2.47. The van der Waals surface area contributed by atoms with Crippen LogP contribution >= 0.6 is 0 Å². The molecule has 0 saturated carbocycles. The van der Waals surface area contributed by atoms with Crippen molar-refractivity contribution in [2.75, 3.05) is 62.7 Å². The van der Waals surface area contributed by atoms with E-state index < -0.39 is 0 Å². The molecule has 2 aromatic rings. The van der Waals surface area contributed by atoms with Crippen molar-refractivity contribution >= 4 is 23.2 Å². The molecule has 0 spiro atoms. The van der Waals surface area contributed by atoms with Crippen molar-refractivity contribution in [3.05, 3.63) is 54.6 Å². The number of methoxy groups -OCH3 is 1. The van der Waals surface area contributed by atoms with Crippen LogP contribution in [0.3, 0.4) is 0 Å². The molecule has 0 unspecified atom stereocenters. The molecule has 1 atom stereocenters. The largest absolute Gasteiger partial charge is 0.495 e. The minimum absolute atomic E-state index is 0.0362. The van der Waals surface area contributed by atoms with Gasteiger partial charge in [0.25, 0.3) is 0 Å². The van der Waals surface area contributed by atoms with E-state index in [1.165, 1.54) is 5.69 Å². The van der Waals surface area contributed by atoms with Crippen molar-refractivity contribution in [2.45, 2.75) is 12.8 Å². The van der Waals surface area contributed by atoms with Gasteiger partial charge in [0.1, 0.15) is 5.75 Å². The molecule has 2 aliphatic rings. The van der Waals surface area contributed by atoms with Crippen molar-refractivity contribution < 1.29 is 14.3 Å². The van der Waals surface area contributed by atoms with E-state index in [4.69, 9.17) is 4.74 Å². The summed E-state index contributed by atoms with van der Waals surface area (Å²) in [7, 11) is 1.59. The summed E-state index contributed by atoms with van der Waals surface area (Å²) in [5.41, 5.74) is 2.01. The monoisotopic (exact) mass is 436 g/mol. The number of amides is 2. The molecule has 0 aromatic heterocycles. The molecule has 0 radical (unpaired) electrons. The predicted octanol–water partition coefficient (Wildman–Crippen LogP) is 2.38. The average Bonchev–Trinajstić information content (AvgIpc) is 3.24. The number of hydrogen-bond donors (Lipinski definition) is 1. The Labute approximate surface area is 189 Å². The topological polar surface area (TPSA) is 65.1 Å². The third-order valence-electron chi connectivity index (χ3n) is 6.32. The number of benzene rings is 2. The first kappa shape index (κ1) is 22.1. The normalized spacial score (nSPS) is 19.3. The first-order valence-corrected chi connectivity index (χ1v) is 11.4. The zero-order valence-electron chi connectivity index (χ0n) is 18.7. The molecular formula is C25H32N4O3. The van der Waals surface area contributed by atoms with Crippen LogP contribution in [0.15, 0.2) is 54.6 Å². The molecule has 0 aliphatic carbocycles. The van der Waals surface area contributed by atoms with E-state index in [2.05, 4.69) is 39.4 Å². The summed E-state index contributed by atoms with van der Waals surface area (Å²) in [6.45, 7) is 6.13. The van der Waals surface area contributed by atoms with Gasteiger partial charge in [0.2, 0.25) is 11.8 Å². The van der Waals surface area contributed by atoms with Crippen LogP contribution in [-0.4, -0.2) is 69.6 Å². The summed E-state index contributed by atoms with van der Waals surface area (Å²) >= 11 is 0. The van der Waals surface area contributed by atoms with Crippen molar-refractivity contribution in [1.29, 1.82) is 0 Å². The Bertz CT molecular complexity index is 912. The molecule has 2 aromatic carbocycles.